The molecule has 126 valence electrons. The predicted molar refractivity (Wildman–Crippen MR) is 92.6 cm³/mol. The molecule has 0 spiro atoms. The van der Waals surface area contributed by atoms with Crippen LogP contribution in [-0.4, -0.2) is 37.0 Å². The third-order valence-corrected chi connectivity index (χ3v) is 4.66. The van der Waals surface area contributed by atoms with Crippen molar-refractivity contribution in [1.29, 1.82) is 0 Å². The van der Waals surface area contributed by atoms with Gasteiger partial charge in [-0.05, 0) is 48.7 Å². The number of ketones is 1. The number of ether oxygens (including phenoxy) is 1. The van der Waals surface area contributed by atoms with Crippen LogP contribution in [0.3, 0.4) is 0 Å². The Morgan fingerprint density at radius 2 is 1.79 bits per heavy atom. The van der Waals surface area contributed by atoms with E-state index in [4.69, 9.17) is 4.74 Å². The van der Waals surface area contributed by atoms with Gasteiger partial charge in [-0.15, -0.1) is 0 Å². The van der Waals surface area contributed by atoms with Crippen molar-refractivity contribution in [2.24, 2.45) is 0 Å². The second-order valence-electron chi connectivity index (χ2n) is 6.19. The summed E-state index contributed by atoms with van der Waals surface area (Å²) in [5.74, 6) is -0.392. The maximum absolute atomic E-state index is 13.6. The summed E-state index contributed by atoms with van der Waals surface area (Å²) < 4.78 is 19.0. The molecule has 0 amide bonds. The van der Waals surface area contributed by atoms with Crippen molar-refractivity contribution in [3.63, 3.8) is 0 Å². The van der Waals surface area contributed by atoms with Gasteiger partial charge in [0.25, 0.3) is 0 Å². The molecule has 1 saturated heterocycles. The number of nitrogens with zero attached hydrogens (tertiary/aromatic N) is 1. The van der Waals surface area contributed by atoms with Gasteiger partial charge in [0.05, 0.1) is 13.2 Å². The van der Waals surface area contributed by atoms with E-state index >= 15 is 0 Å². The number of hydrogen-bond donors (Lipinski definition) is 0. The van der Waals surface area contributed by atoms with E-state index in [2.05, 4.69) is 24.0 Å². The third-order valence-electron chi connectivity index (χ3n) is 4.66. The van der Waals surface area contributed by atoms with Gasteiger partial charge < -0.3 is 4.74 Å². The lowest BCUT2D eigenvalue weighted by Gasteiger charge is -2.32. The van der Waals surface area contributed by atoms with E-state index < -0.39 is 0 Å². The van der Waals surface area contributed by atoms with Crippen molar-refractivity contribution in [3.8, 4) is 11.1 Å². The Kier molecular flexibility index (Phi) is 5.07. The van der Waals surface area contributed by atoms with Crippen LogP contribution in [0.5, 0.6) is 0 Å². The summed E-state index contributed by atoms with van der Waals surface area (Å²) >= 11 is 0. The van der Waals surface area contributed by atoms with Gasteiger partial charge in [-0.1, -0.05) is 24.3 Å². The monoisotopic (exact) mass is 327 g/mol. The largest absolute Gasteiger partial charge is 0.379 e. The summed E-state index contributed by atoms with van der Waals surface area (Å²) in [6, 6.07) is 12.7. The summed E-state index contributed by atoms with van der Waals surface area (Å²) in [5, 5.41) is 0. The van der Waals surface area contributed by atoms with Crippen molar-refractivity contribution < 1.29 is 13.9 Å². The van der Waals surface area contributed by atoms with Gasteiger partial charge in [0.2, 0.25) is 0 Å². The molecule has 1 heterocycles. The van der Waals surface area contributed by atoms with Crippen LogP contribution in [0.25, 0.3) is 11.1 Å². The molecule has 1 aliphatic rings. The van der Waals surface area contributed by atoms with Gasteiger partial charge in [-0.2, -0.15) is 0 Å². The molecule has 0 saturated carbocycles. The highest BCUT2D eigenvalue weighted by molar-refractivity contribution is 6.00. The fourth-order valence-corrected chi connectivity index (χ4v) is 3.18. The van der Waals surface area contributed by atoms with E-state index in [1.54, 1.807) is 6.07 Å². The fourth-order valence-electron chi connectivity index (χ4n) is 3.18. The average Bonchev–Trinajstić information content (AvgIpc) is 2.61. The Bertz CT molecular complexity index is 721. The van der Waals surface area contributed by atoms with E-state index in [1.165, 1.54) is 24.6 Å². The second kappa shape index (κ2) is 7.24. The van der Waals surface area contributed by atoms with Crippen molar-refractivity contribution >= 4 is 5.78 Å². The highest BCUT2D eigenvalue weighted by Crippen LogP contribution is 2.28. The molecule has 3 nitrogen and oxygen atoms in total. The number of rotatable bonds is 4. The quantitative estimate of drug-likeness (QED) is 0.792. The van der Waals surface area contributed by atoms with Crippen LogP contribution in [0.4, 0.5) is 4.39 Å². The molecule has 1 atom stereocenters. The van der Waals surface area contributed by atoms with Gasteiger partial charge in [0.1, 0.15) is 5.82 Å². The lowest BCUT2D eigenvalue weighted by atomic mass is 9.95. The molecule has 0 aliphatic carbocycles. The smallest absolute Gasteiger partial charge is 0.160 e. The molecule has 3 rings (SSSR count). The van der Waals surface area contributed by atoms with E-state index in [0.29, 0.717) is 17.2 Å². The van der Waals surface area contributed by atoms with Gasteiger partial charge in [-0.25, -0.2) is 4.39 Å². The number of carbonyl (C=O) groups is 1. The zero-order valence-electron chi connectivity index (χ0n) is 14.1. The zero-order valence-corrected chi connectivity index (χ0v) is 14.1. The van der Waals surface area contributed by atoms with Crippen molar-refractivity contribution in [3.05, 3.63) is 59.4 Å². The zero-order chi connectivity index (χ0) is 17.1. The van der Waals surface area contributed by atoms with Crippen LogP contribution in [0, 0.1) is 5.82 Å². The SMILES string of the molecule is CC(=O)c1ccc(F)cc1-c1ccc([C@H](C)N2CCOCC2)cc1. The third kappa shape index (κ3) is 3.55. The van der Waals surface area contributed by atoms with Gasteiger partial charge in [0.15, 0.2) is 5.78 Å². The first-order valence-electron chi connectivity index (χ1n) is 8.29. The maximum atomic E-state index is 13.6. The molecule has 1 fully saturated rings. The normalized spacial score (nSPS) is 16.8. The summed E-state index contributed by atoms with van der Waals surface area (Å²) in [7, 11) is 0. The summed E-state index contributed by atoms with van der Waals surface area (Å²) in [6.07, 6.45) is 0. The minimum Gasteiger partial charge on any atom is -0.379 e. The number of halogens is 1. The Balaban J connectivity index is 1.87. The van der Waals surface area contributed by atoms with E-state index in [0.717, 1.165) is 31.9 Å². The van der Waals surface area contributed by atoms with Crippen LogP contribution >= 0.6 is 0 Å². The molecule has 0 N–H and O–H groups in total. The Hall–Kier alpha value is -2.04. The van der Waals surface area contributed by atoms with E-state index in [1.807, 2.05) is 12.1 Å². The summed E-state index contributed by atoms with van der Waals surface area (Å²) in [4.78, 5) is 14.2. The average molecular weight is 327 g/mol. The minimum absolute atomic E-state index is 0.0595. The number of morpholine rings is 1. The van der Waals surface area contributed by atoms with Crippen LogP contribution in [-0.2, 0) is 4.74 Å². The van der Waals surface area contributed by atoms with Crippen molar-refractivity contribution in [2.75, 3.05) is 26.3 Å². The van der Waals surface area contributed by atoms with Crippen molar-refractivity contribution in [1.82, 2.24) is 4.90 Å². The van der Waals surface area contributed by atoms with Crippen LogP contribution in [0.15, 0.2) is 42.5 Å². The summed E-state index contributed by atoms with van der Waals surface area (Å²) in [5.41, 5.74) is 3.26. The van der Waals surface area contributed by atoms with E-state index in [-0.39, 0.29) is 11.6 Å². The van der Waals surface area contributed by atoms with Gasteiger partial charge in [-0.3, -0.25) is 9.69 Å². The molecular weight excluding hydrogens is 305 g/mol. The molecule has 0 unspecified atom stereocenters. The van der Waals surface area contributed by atoms with E-state index in [9.17, 15) is 9.18 Å². The summed E-state index contributed by atoms with van der Waals surface area (Å²) in [6.45, 7) is 7.10. The molecule has 24 heavy (non-hydrogen) atoms. The topological polar surface area (TPSA) is 29.5 Å². The fraction of sp³-hybridized carbons (Fsp3) is 0.350. The molecule has 0 bridgehead atoms. The molecule has 2 aromatic rings. The number of hydrogen-bond acceptors (Lipinski definition) is 3. The molecule has 4 heteroatoms. The van der Waals surface area contributed by atoms with Gasteiger partial charge >= 0.3 is 0 Å². The molecule has 2 aromatic carbocycles. The first kappa shape index (κ1) is 16.8. The molecule has 0 radical (unpaired) electrons. The number of Topliss-reactive ketones (excluding diaryl/α,β-unsaturated/α-hetero) is 1. The predicted octanol–water partition coefficient (Wildman–Crippen LogP) is 4.09. The Labute approximate surface area is 142 Å². The van der Waals surface area contributed by atoms with Crippen molar-refractivity contribution in [2.45, 2.75) is 19.9 Å². The van der Waals surface area contributed by atoms with Crippen LogP contribution in [0.1, 0.15) is 35.8 Å². The van der Waals surface area contributed by atoms with Crippen LogP contribution < -0.4 is 0 Å². The number of carbonyl (C=O) groups excluding carboxylic acids is 1. The van der Waals surface area contributed by atoms with Crippen LogP contribution in [0.2, 0.25) is 0 Å². The molecular formula is C20H22FNO2. The lowest BCUT2D eigenvalue weighted by molar-refractivity contribution is 0.0198. The minimum atomic E-state index is -0.333. The maximum Gasteiger partial charge on any atom is 0.160 e. The highest BCUT2D eigenvalue weighted by atomic mass is 19.1. The first-order valence-corrected chi connectivity index (χ1v) is 8.29. The first-order chi connectivity index (χ1) is 11.6. The Morgan fingerprint density at radius 3 is 2.42 bits per heavy atom. The Morgan fingerprint density at radius 1 is 1.12 bits per heavy atom. The molecule has 0 aromatic heterocycles. The molecule has 1 aliphatic heterocycles. The highest BCUT2D eigenvalue weighted by Gasteiger charge is 2.18. The second-order valence-corrected chi connectivity index (χ2v) is 6.19. The number of benzene rings is 2. The van der Waals surface area contributed by atoms with Gasteiger partial charge in [0, 0.05) is 24.7 Å². The lowest BCUT2D eigenvalue weighted by Crippen LogP contribution is -2.37. The standard InChI is InChI=1S/C20H22FNO2/c1-14(22-9-11-24-12-10-22)16-3-5-17(6-4-16)20-13-18(21)7-8-19(20)15(2)23/h3-8,13-14H,9-12H2,1-2H3/t14-/m0/s1.